The zero-order valence-corrected chi connectivity index (χ0v) is 16.3. The van der Waals surface area contributed by atoms with E-state index >= 15 is 0 Å². The lowest BCUT2D eigenvalue weighted by molar-refractivity contribution is -0.135. The quantitative estimate of drug-likeness (QED) is 0.817. The van der Waals surface area contributed by atoms with Gasteiger partial charge < -0.3 is 10.1 Å². The topological polar surface area (TPSA) is 58.6 Å². The molecule has 5 heteroatoms. The number of carbonyl (C=O) groups excluding carboxylic acids is 2. The SMILES string of the molecule is Cc1cccc(NC2=C(c3ccc(OC(C)C)cc3)C(=O)N(C)C2=O)c1C. The van der Waals surface area contributed by atoms with Gasteiger partial charge >= 0.3 is 0 Å². The molecule has 0 bridgehead atoms. The van der Waals surface area contributed by atoms with Crippen LogP contribution in [0.3, 0.4) is 0 Å². The Morgan fingerprint density at radius 3 is 2.26 bits per heavy atom. The molecule has 2 aromatic rings. The number of nitrogens with zero attached hydrogens (tertiary/aromatic N) is 1. The van der Waals surface area contributed by atoms with E-state index in [0.717, 1.165) is 27.5 Å². The highest BCUT2D eigenvalue weighted by Gasteiger charge is 2.37. The molecule has 0 saturated carbocycles. The molecular weight excluding hydrogens is 340 g/mol. The van der Waals surface area contributed by atoms with Gasteiger partial charge in [0, 0.05) is 12.7 Å². The molecule has 2 aromatic carbocycles. The molecule has 0 spiro atoms. The zero-order valence-electron chi connectivity index (χ0n) is 16.3. The number of benzene rings is 2. The van der Waals surface area contributed by atoms with Crippen molar-refractivity contribution in [2.45, 2.75) is 33.8 Å². The summed E-state index contributed by atoms with van der Waals surface area (Å²) >= 11 is 0. The van der Waals surface area contributed by atoms with Crippen LogP contribution in [0.2, 0.25) is 0 Å². The number of carbonyl (C=O) groups is 2. The van der Waals surface area contributed by atoms with Crippen LogP contribution < -0.4 is 10.1 Å². The third-order valence-electron chi connectivity index (χ3n) is 4.67. The van der Waals surface area contributed by atoms with Gasteiger partial charge in [-0.1, -0.05) is 24.3 Å². The second-order valence-corrected chi connectivity index (χ2v) is 6.98. The van der Waals surface area contributed by atoms with E-state index in [9.17, 15) is 9.59 Å². The van der Waals surface area contributed by atoms with E-state index in [2.05, 4.69) is 5.32 Å². The minimum Gasteiger partial charge on any atom is -0.491 e. The molecule has 5 nitrogen and oxygen atoms in total. The zero-order chi connectivity index (χ0) is 19.7. The second-order valence-electron chi connectivity index (χ2n) is 6.98. The van der Waals surface area contributed by atoms with E-state index in [4.69, 9.17) is 4.74 Å². The summed E-state index contributed by atoms with van der Waals surface area (Å²) in [5.74, 6) is 0.0762. The maximum absolute atomic E-state index is 12.7. The average Bonchev–Trinajstić information content (AvgIpc) is 2.83. The number of amides is 2. The van der Waals surface area contributed by atoms with Crippen LogP contribution >= 0.6 is 0 Å². The highest BCUT2D eigenvalue weighted by atomic mass is 16.5. The summed E-state index contributed by atoms with van der Waals surface area (Å²) < 4.78 is 5.66. The molecule has 1 heterocycles. The van der Waals surface area contributed by atoms with E-state index in [-0.39, 0.29) is 17.9 Å². The third-order valence-corrected chi connectivity index (χ3v) is 4.67. The fourth-order valence-electron chi connectivity index (χ4n) is 3.02. The smallest absolute Gasteiger partial charge is 0.277 e. The first-order valence-corrected chi connectivity index (χ1v) is 8.96. The van der Waals surface area contributed by atoms with Crippen molar-refractivity contribution in [3.05, 3.63) is 64.9 Å². The van der Waals surface area contributed by atoms with E-state index in [1.165, 1.54) is 7.05 Å². The van der Waals surface area contributed by atoms with E-state index in [1.807, 2.05) is 70.2 Å². The van der Waals surface area contributed by atoms with E-state index < -0.39 is 0 Å². The molecule has 27 heavy (non-hydrogen) atoms. The standard InChI is InChI=1S/C22H24N2O3/c1-13(2)27-17-11-9-16(10-12-17)19-20(22(26)24(5)21(19)25)23-18-8-6-7-14(3)15(18)4/h6-13,23H,1-5H3. The molecule has 1 aliphatic rings. The van der Waals surface area contributed by atoms with Crippen molar-refractivity contribution >= 4 is 23.1 Å². The Morgan fingerprint density at radius 2 is 1.63 bits per heavy atom. The Balaban J connectivity index is 2.03. The summed E-state index contributed by atoms with van der Waals surface area (Å²) in [4.78, 5) is 26.5. The highest BCUT2D eigenvalue weighted by Crippen LogP contribution is 2.31. The molecule has 2 amide bonds. The Hall–Kier alpha value is -3.08. The molecule has 0 radical (unpaired) electrons. The van der Waals surface area contributed by atoms with Crippen molar-refractivity contribution in [2.75, 3.05) is 12.4 Å². The molecule has 0 atom stereocenters. The van der Waals surface area contributed by atoms with Gasteiger partial charge in [0.25, 0.3) is 11.8 Å². The maximum atomic E-state index is 12.7. The van der Waals surface area contributed by atoms with Crippen molar-refractivity contribution in [1.29, 1.82) is 0 Å². The predicted molar refractivity (Wildman–Crippen MR) is 106 cm³/mol. The third kappa shape index (κ3) is 3.58. The monoisotopic (exact) mass is 364 g/mol. The highest BCUT2D eigenvalue weighted by molar-refractivity contribution is 6.36. The normalized spacial score (nSPS) is 14.4. The van der Waals surface area contributed by atoms with Crippen molar-refractivity contribution in [2.24, 2.45) is 0 Å². The number of anilines is 1. The molecule has 0 aliphatic carbocycles. The molecule has 0 saturated heterocycles. The van der Waals surface area contributed by atoms with Crippen LogP contribution in [0.1, 0.15) is 30.5 Å². The lowest BCUT2D eigenvalue weighted by atomic mass is 10.0. The van der Waals surface area contributed by atoms with Gasteiger partial charge in [0.05, 0.1) is 11.7 Å². The number of rotatable bonds is 5. The first-order valence-electron chi connectivity index (χ1n) is 8.96. The fourth-order valence-corrected chi connectivity index (χ4v) is 3.02. The number of imide groups is 1. The van der Waals surface area contributed by atoms with Crippen LogP contribution in [0.25, 0.3) is 5.57 Å². The number of hydrogen-bond donors (Lipinski definition) is 1. The summed E-state index contributed by atoms with van der Waals surface area (Å²) in [6.07, 6.45) is 0.0670. The van der Waals surface area contributed by atoms with Crippen molar-refractivity contribution < 1.29 is 14.3 Å². The molecule has 1 aliphatic heterocycles. The van der Waals surface area contributed by atoms with E-state index in [0.29, 0.717) is 16.8 Å². The molecule has 1 N–H and O–H groups in total. The molecule has 140 valence electrons. The van der Waals surface area contributed by atoms with Crippen LogP contribution in [0.5, 0.6) is 5.75 Å². The minimum atomic E-state index is -0.335. The van der Waals surface area contributed by atoms with Crippen LogP contribution in [0.15, 0.2) is 48.2 Å². The summed E-state index contributed by atoms with van der Waals surface area (Å²) in [5, 5.41) is 3.19. The lowest BCUT2D eigenvalue weighted by Gasteiger charge is -2.13. The van der Waals surface area contributed by atoms with Crippen LogP contribution in [-0.4, -0.2) is 29.9 Å². The van der Waals surface area contributed by atoms with Gasteiger partial charge in [-0.05, 0) is 62.6 Å². The summed E-state index contributed by atoms with van der Waals surface area (Å²) in [5.41, 5.74) is 4.33. The van der Waals surface area contributed by atoms with Gasteiger partial charge in [0.15, 0.2) is 0 Å². The predicted octanol–water partition coefficient (Wildman–Crippen LogP) is 3.91. The Labute approximate surface area is 159 Å². The van der Waals surface area contributed by atoms with Gasteiger partial charge in [-0.3, -0.25) is 14.5 Å². The molecular formula is C22H24N2O3. The lowest BCUT2D eigenvalue weighted by Crippen LogP contribution is -2.28. The largest absolute Gasteiger partial charge is 0.491 e. The maximum Gasteiger partial charge on any atom is 0.277 e. The van der Waals surface area contributed by atoms with Crippen molar-refractivity contribution in [1.82, 2.24) is 4.90 Å². The van der Waals surface area contributed by atoms with Gasteiger partial charge in [-0.25, -0.2) is 0 Å². The van der Waals surface area contributed by atoms with Gasteiger partial charge in [-0.2, -0.15) is 0 Å². The first-order chi connectivity index (χ1) is 12.8. The number of likely N-dealkylation sites (N-methyl/N-ethyl adjacent to an activating group) is 1. The number of aryl methyl sites for hydroxylation is 1. The molecule has 0 unspecified atom stereocenters. The van der Waals surface area contributed by atoms with Crippen molar-refractivity contribution in [3.8, 4) is 5.75 Å². The molecule has 3 rings (SSSR count). The Morgan fingerprint density at radius 1 is 0.963 bits per heavy atom. The summed E-state index contributed by atoms with van der Waals surface area (Å²) in [6.45, 7) is 7.91. The van der Waals surface area contributed by atoms with Crippen LogP contribution in [-0.2, 0) is 9.59 Å². The van der Waals surface area contributed by atoms with Crippen molar-refractivity contribution in [3.63, 3.8) is 0 Å². The van der Waals surface area contributed by atoms with Crippen LogP contribution in [0, 0.1) is 13.8 Å². The number of ether oxygens (including phenoxy) is 1. The van der Waals surface area contributed by atoms with Gasteiger partial charge in [0.1, 0.15) is 11.4 Å². The van der Waals surface area contributed by atoms with Gasteiger partial charge in [-0.15, -0.1) is 0 Å². The first kappa shape index (κ1) is 18.7. The second kappa shape index (κ2) is 7.27. The van der Waals surface area contributed by atoms with Crippen LogP contribution in [0.4, 0.5) is 5.69 Å². The van der Waals surface area contributed by atoms with E-state index in [1.54, 1.807) is 0 Å². The molecule has 0 fully saturated rings. The Bertz CT molecular complexity index is 927. The minimum absolute atomic E-state index is 0.0670. The van der Waals surface area contributed by atoms with Gasteiger partial charge in [0.2, 0.25) is 0 Å². The summed E-state index contributed by atoms with van der Waals surface area (Å²) in [6, 6.07) is 13.1. The number of nitrogens with one attached hydrogen (secondary N) is 1. The average molecular weight is 364 g/mol. The molecule has 0 aromatic heterocycles. The Kier molecular flexibility index (Phi) is 5.04. The fraction of sp³-hybridized carbons (Fsp3) is 0.273. The number of hydrogen-bond acceptors (Lipinski definition) is 4. The summed E-state index contributed by atoms with van der Waals surface area (Å²) in [7, 11) is 1.50.